The molecule has 8 nitrogen and oxygen atoms in total. The molecule has 1 aliphatic rings. The first-order valence-corrected chi connectivity index (χ1v) is 10.4. The van der Waals surface area contributed by atoms with Crippen LogP contribution in [0.25, 0.3) is 0 Å². The minimum absolute atomic E-state index is 0.0949. The average Bonchev–Trinajstić information content (AvgIpc) is 3.39. The van der Waals surface area contributed by atoms with Gasteiger partial charge in [0.05, 0.1) is 0 Å². The van der Waals surface area contributed by atoms with Crippen molar-refractivity contribution in [3.05, 3.63) is 47.0 Å². The minimum atomic E-state index is -1.11. The minimum Gasteiger partial charge on any atom is -0.448 e. The van der Waals surface area contributed by atoms with Crippen molar-refractivity contribution in [2.45, 2.75) is 51.3 Å². The molecule has 3 rings (SSSR count). The van der Waals surface area contributed by atoms with Crippen molar-refractivity contribution in [3.8, 4) is 0 Å². The lowest BCUT2D eigenvalue weighted by Gasteiger charge is -2.15. The van der Waals surface area contributed by atoms with Crippen LogP contribution in [0.2, 0.25) is 0 Å². The zero-order valence-corrected chi connectivity index (χ0v) is 17.0. The van der Waals surface area contributed by atoms with E-state index in [1.54, 1.807) is 5.38 Å². The van der Waals surface area contributed by atoms with Gasteiger partial charge in [0, 0.05) is 18.0 Å². The predicted octanol–water partition coefficient (Wildman–Crippen LogP) is 3.07. The zero-order valence-electron chi connectivity index (χ0n) is 16.1. The second-order valence-electron chi connectivity index (χ2n) is 6.87. The topological polar surface area (TPSA) is 109 Å². The number of nitrogens with one attached hydrogen (secondary N) is 3. The molecule has 3 N–H and O–H groups in total. The van der Waals surface area contributed by atoms with Gasteiger partial charge in [-0.1, -0.05) is 43.2 Å². The number of urea groups is 1. The molecule has 9 heteroatoms. The third-order valence-electron chi connectivity index (χ3n) is 4.58. The van der Waals surface area contributed by atoms with Gasteiger partial charge in [0.2, 0.25) is 0 Å². The maximum atomic E-state index is 12.2. The lowest BCUT2D eigenvalue weighted by molar-refractivity contribution is -0.127. The van der Waals surface area contributed by atoms with E-state index < -0.39 is 24.0 Å². The Morgan fingerprint density at radius 2 is 1.93 bits per heavy atom. The molecule has 3 amide bonds. The van der Waals surface area contributed by atoms with Crippen LogP contribution < -0.4 is 16.0 Å². The number of carbonyl (C=O) groups excluding carboxylic acids is 3. The van der Waals surface area contributed by atoms with E-state index in [1.807, 2.05) is 30.3 Å². The highest BCUT2D eigenvalue weighted by Crippen LogP contribution is 2.18. The number of ether oxygens (including phenoxy) is 1. The first kappa shape index (κ1) is 20.8. The highest BCUT2D eigenvalue weighted by Gasteiger charge is 2.24. The lowest BCUT2D eigenvalue weighted by atomic mass is 10.2. The molecule has 0 radical (unpaired) electrons. The molecular weight excluding hydrogens is 392 g/mol. The fourth-order valence-corrected chi connectivity index (χ4v) is 3.68. The summed E-state index contributed by atoms with van der Waals surface area (Å²) < 4.78 is 5.13. The highest BCUT2D eigenvalue weighted by atomic mass is 32.1. The van der Waals surface area contributed by atoms with E-state index in [4.69, 9.17) is 4.74 Å². The van der Waals surface area contributed by atoms with Crippen molar-refractivity contribution < 1.29 is 19.1 Å². The molecule has 1 aliphatic carbocycles. The Morgan fingerprint density at radius 3 is 2.66 bits per heavy atom. The molecule has 0 aliphatic heterocycles. The van der Waals surface area contributed by atoms with Gasteiger partial charge in [0.1, 0.15) is 0 Å². The van der Waals surface area contributed by atoms with Gasteiger partial charge < -0.3 is 15.4 Å². The molecule has 0 bridgehead atoms. The normalized spacial score (nSPS) is 14.8. The van der Waals surface area contributed by atoms with Crippen molar-refractivity contribution in [2.75, 3.05) is 5.32 Å². The van der Waals surface area contributed by atoms with E-state index in [0.717, 1.165) is 31.2 Å². The second-order valence-corrected chi connectivity index (χ2v) is 7.73. The largest absolute Gasteiger partial charge is 0.448 e. The Hall–Kier alpha value is -2.94. The van der Waals surface area contributed by atoms with Crippen LogP contribution in [0.3, 0.4) is 0 Å². The Morgan fingerprint density at radius 1 is 1.21 bits per heavy atom. The van der Waals surface area contributed by atoms with Crippen LogP contribution in [0.5, 0.6) is 0 Å². The molecule has 1 aromatic carbocycles. The van der Waals surface area contributed by atoms with Crippen molar-refractivity contribution in [2.24, 2.45) is 0 Å². The number of aromatic nitrogens is 1. The summed E-state index contributed by atoms with van der Waals surface area (Å²) in [5.74, 6) is -1.39. The average molecular weight is 417 g/mol. The zero-order chi connectivity index (χ0) is 20.6. The first-order valence-electron chi connectivity index (χ1n) is 9.57. The van der Waals surface area contributed by atoms with Crippen molar-refractivity contribution in [1.29, 1.82) is 0 Å². The van der Waals surface area contributed by atoms with E-state index >= 15 is 0 Å². The first-order chi connectivity index (χ1) is 14.0. The molecule has 1 saturated carbocycles. The number of amides is 3. The Kier molecular flexibility index (Phi) is 7.18. The quantitative estimate of drug-likeness (QED) is 0.599. The second kappa shape index (κ2) is 10.0. The van der Waals surface area contributed by atoms with Gasteiger partial charge in [-0.3, -0.25) is 10.1 Å². The highest BCUT2D eigenvalue weighted by molar-refractivity contribution is 7.13. The van der Waals surface area contributed by atoms with Crippen molar-refractivity contribution >= 4 is 34.4 Å². The number of anilines is 1. The number of esters is 1. The molecule has 0 saturated heterocycles. The van der Waals surface area contributed by atoms with Crippen LogP contribution in [-0.4, -0.2) is 35.0 Å². The molecule has 1 aromatic heterocycles. The van der Waals surface area contributed by atoms with Crippen LogP contribution in [-0.2, 0) is 16.1 Å². The Bertz CT molecular complexity index is 849. The van der Waals surface area contributed by atoms with Crippen LogP contribution in [0.1, 0.15) is 48.7 Å². The number of imide groups is 1. The van der Waals surface area contributed by atoms with Crippen LogP contribution in [0.15, 0.2) is 35.7 Å². The number of hydrogen-bond donors (Lipinski definition) is 3. The van der Waals surface area contributed by atoms with E-state index in [9.17, 15) is 14.4 Å². The number of hydrogen-bond acceptors (Lipinski definition) is 7. The fraction of sp³-hybridized carbons (Fsp3) is 0.400. The number of benzene rings is 1. The SMILES string of the molecule is C[C@H](OC(=O)c1csc(NCc2ccccc2)n1)C(=O)NC(=O)NC1CCCC1. The van der Waals surface area contributed by atoms with E-state index in [1.165, 1.54) is 18.3 Å². The van der Waals surface area contributed by atoms with Crippen molar-refractivity contribution in [1.82, 2.24) is 15.6 Å². The van der Waals surface area contributed by atoms with Gasteiger partial charge in [0.15, 0.2) is 16.9 Å². The Labute approximate surface area is 173 Å². The molecule has 1 heterocycles. The van der Waals surface area contributed by atoms with E-state index in [-0.39, 0.29) is 11.7 Å². The van der Waals surface area contributed by atoms with Crippen molar-refractivity contribution in [3.63, 3.8) is 0 Å². The van der Waals surface area contributed by atoms with Gasteiger partial charge in [-0.05, 0) is 25.3 Å². The summed E-state index contributed by atoms with van der Waals surface area (Å²) in [4.78, 5) is 40.4. The summed E-state index contributed by atoms with van der Waals surface area (Å²) >= 11 is 1.27. The van der Waals surface area contributed by atoms with Gasteiger partial charge >= 0.3 is 12.0 Å². The fourth-order valence-electron chi connectivity index (χ4n) is 3.00. The van der Waals surface area contributed by atoms with Gasteiger partial charge in [-0.15, -0.1) is 11.3 Å². The summed E-state index contributed by atoms with van der Waals surface area (Å²) in [6.07, 6.45) is 2.86. The molecule has 0 unspecified atom stereocenters. The molecule has 154 valence electrons. The Balaban J connectivity index is 1.44. The number of carbonyl (C=O) groups is 3. The van der Waals surface area contributed by atoms with Crippen LogP contribution >= 0.6 is 11.3 Å². The molecule has 0 spiro atoms. The predicted molar refractivity (Wildman–Crippen MR) is 110 cm³/mol. The van der Waals surface area contributed by atoms with Crippen LogP contribution in [0, 0.1) is 0 Å². The number of rotatable bonds is 7. The maximum Gasteiger partial charge on any atom is 0.358 e. The number of thiazole rings is 1. The molecule has 2 aromatic rings. The summed E-state index contributed by atoms with van der Waals surface area (Å²) in [5.41, 5.74) is 1.20. The maximum absolute atomic E-state index is 12.2. The van der Waals surface area contributed by atoms with E-state index in [2.05, 4.69) is 20.9 Å². The summed E-state index contributed by atoms with van der Waals surface area (Å²) in [6.45, 7) is 1.99. The van der Waals surface area contributed by atoms with Gasteiger partial charge in [0.25, 0.3) is 5.91 Å². The van der Waals surface area contributed by atoms with E-state index in [0.29, 0.717) is 11.7 Å². The van der Waals surface area contributed by atoms with Gasteiger partial charge in [-0.2, -0.15) is 0 Å². The third kappa shape index (κ3) is 6.28. The molecule has 29 heavy (non-hydrogen) atoms. The van der Waals surface area contributed by atoms with Gasteiger partial charge in [-0.25, -0.2) is 14.6 Å². The van der Waals surface area contributed by atoms with Crippen LogP contribution in [0.4, 0.5) is 9.93 Å². The monoisotopic (exact) mass is 416 g/mol. The summed E-state index contributed by atoms with van der Waals surface area (Å²) in [7, 11) is 0. The standard InChI is InChI=1S/C20H24N4O4S/c1-13(17(25)24-19(27)22-15-9-5-6-10-15)28-18(26)16-12-29-20(23-16)21-11-14-7-3-2-4-8-14/h2-4,7-8,12-13,15H,5-6,9-11H2,1H3,(H,21,23)(H2,22,24,25,27)/t13-/m0/s1. The lowest BCUT2D eigenvalue weighted by Crippen LogP contribution is -2.47. The third-order valence-corrected chi connectivity index (χ3v) is 5.38. The molecular formula is C20H24N4O4S. The molecule has 1 atom stereocenters. The summed E-state index contributed by atoms with van der Waals surface area (Å²) in [5, 5.41) is 10.2. The number of nitrogens with zero attached hydrogens (tertiary/aromatic N) is 1. The summed E-state index contributed by atoms with van der Waals surface area (Å²) in [6, 6.07) is 9.34. The smallest absolute Gasteiger partial charge is 0.358 e. The molecule has 1 fully saturated rings.